The van der Waals surface area contributed by atoms with E-state index in [1.165, 1.54) is 0 Å². The number of imidazole rings is 1. The average molecular weight is 316 g/mol. The second kappa shape index (κ2) is 5.67. The van der Waals surface area contributed by atoms with Crippen molar-refractivity contribution >= 4 is 27.5 Å². The van der Waals surface area contributed by atoms with Crippen LogP contribution in [0.4, 0.5) is 0 Å². The highest BCUT2D eigenvalue weighted by molar-refractivity contribution is 9.10. The van der Waals surface area contributed by atoms with Crippen LogP contribution >= 0.6 is 27.5 Å². The molecule has 0 atom stereocenters. The monoisotopic (exact) mass is 314 g/mol. The second-order valence-electron chi connectivity index (χ2n) is 3.71. The van der Waals surface area contributed by atoms with Gasteiger partial charge in [-0.15, -0.1) is 0 Å². The highest BCUT2D eigenvalue weighted by Gasteiger charge is 2.05. The topological polar surface area (TPSA) is 38.0 Å². The predicted molar refractivity (Wildman–Crippen MR) is 71.3 cm³/mol. The lowest BCUT2D eigenvalue weighted by Gasteiger charge is -2.06. The third-order valence-electron chi connectivity index (χ3n) is 2.43. The van der Waals surface area contributed by atoms with Crippen LogP contribution < -0.4 is 0 Å². The molecule has 0 aliphatic heterocycles. The maximum Gasteiger partial charge on any atom is 0.113 e. The molecule has 0 spiro atoms. The summed E-state index contributed by atoms with van der Waals surface area (Å²) in [5.74, 6) is 0.924. The first-order valence-electron chi connectivity index (χ1n) is 5.25. The van der Waals surface area contributed by atoms with Crippen molar-refractivity contribution in [2.24, 2.45) is 0 Å². The van der Waals surface area contributed by atoms with Gasteiger partial charge in [0.05, 0.1) is 6.61 Å². The number of rotatable bonds is 4. The van der Waals surface area contributed by atoms with Crippen LogP contribution in [-0.2, 0) is 13.0 Å². The number of aromatic nitrogens is 2. The maximum atomic E-state index is 8.94. The van der Waals surface area contributed by atoms with Gasteiger partial charge in [-0.2, -0.15) is 0 Å². The molecule has 0 unspecified atom stereocenters. The minimum atomic E-state index is 0.114. The zero-order chi connectivity index (χ0) is 12.3. The van der Waals surface area contributed by atoms with E-state index in [0.29, 0.717) is 18.0 Å². The molecule has 0 aliphatic carbocycles. The van der Waals surface area contributed by atoms with E-state index in [2.05, 4.69) is 20.9 Å². The summed E-state index contributed by atoms with van der Waals surface area (Å²) in [5.41, 5.74) is 1.09. The van der Waals surface area contributed by atoms with Crippen LogP contribution in [0.1, 0.15) is 11.4 Å². The van der Waals surface area contributed by atoms with E-state index in [4.69, 9.17) is 16.7 Å². The number of nitrogens with zero attached hydrogens (tertiary/aromatic N) is 2. The Morgan fingerprint density at radius 1 is 1.35 bits per heavy atom. The Balaban J connectivity index is 2.22. The van der Waals surface area contributed by atoms with Crippen LogP contribution in [0.5, 0.6) is 0 Å². The normalized spacial score (nSPS) is 10.8. The summed E-state index contributed by atoms with van der Waals surface area (Å²) < 4.78 is 2.90. The summed E-state index contributed by atoms with van der Waals surface area (Å²) >= 11 is 9.41. The third-order valence-corrected chi connectivity index (χ3v) is 3.10. The van der Waals surface area contributed by atoms with Crippen molar-refractivity contribution in [3.63, 3.8) is 0 Å². The van der Waals surface area contributed by atoms with Gasteiger partial charge < -0.3 is 9.67 Å². The lowest BCUT2D eigenvalue weighted by molar-refractivity contribution is 0.274. The van der Waals surface area contributed by atoms with Gasteiger partial charge in [-0.3, -0.25) is 0 Å². The highest BCUT2D eigenvalue weighted by Crippen LogP contribution is 2.21. The Hall–Kier alpha value is -0.840. The maximum absolute atomic E-state index is 8.94. The van der Waals surface area contributed by atoms with Crippen LogP contribution in [0, 0.1) is 0 Å². The van der Waals surface area contributed by atoms with Crippen LogP contribution in [0.3, 0.4) is 0 Å². The van der Waals surface area contributed by atoms with Crippen molar-refractivity contribution in [1.82, 2.24) is 9.55 Å². The van der Waals surface area contributed by atoms with Gasteiger partial charge in [-0.1, -0.05) is 27.5 Å². The predicted octanol–water partition coefficient (Wildman–Crippen LogP) is 2.88. The van der Waals surface area contributed by atoms with Crippen molar-refractivity contribution in [2.75, 3.05) is 6.61 Å². The van der Waals surface area contributed by atoms with Gasteiger partial charge in [0.15, 0.2) is 0 Å². The molecule has 90 valence electrons. The van der Waals surface area contributed by atoms with E-state index in [0.717, 1.165) is 15.9 Å². The number of hydrogen-bond donors (Lipinski definition) is 1. The van der Waals surface area contributed by atoms with E-state index in [-0.39, 0.29) is 6.61 Å². The standard InChI is InChI=1S/C12H12BrClN2O/c13-10-5-9(6-11(14)8-10)7-12-15-1-2-16(12)3-4-17/h1-2,5-6,8,17H,3-4,7H2. The van der Waals surface area contributed by atoms with Gasteiger partial charge in [0.1, 0.15) is 5.82 Å². The first kappa shape index (κ1) is 12.6. The number of hydrogen-bond acceptors (Lipinski definition) is 2. The van der Waals surface area contributed by atoms with Gasteiger partial charge in [0.25, 0.3) is 0 Å². The lowest BCUT2D eigenvalue weighted by Crippen LogP contribution is -2.06. The smallest absolute Gasteiger partial charge is 0.113 e. The zero-order valence-electron chi connectivity index (χ0n) is 9.11. The molecule has 5 heteroatoms. The third kappa shape index (κ3) is 3.31. The molecule has 0 fully saturated rings. The molecule has 0 radical (unpaired) electrons. The molecule has 17 heavy (non-hydrogen) atoms. The zero-order valence-corrected chi connectivity index (χ0v) is 11.4. The number of aliphatic hydroxyl groups excluding tert-OH is 1. The molecular weight excluding hydrogens is 304 g/mol. The van der Waals surface area contributed by atoms with Crippen LogP contribution in [0.15, 0.2) is 35.1 Å². The van der Waals surface area contributed by atoms with Crippen molar-refractivity contribution < 1.29 is 5.11 Å². The van der Waals surface area contributed by atoms with Crippen molar-refractivity contribution in [3.05, 3.63) is 51.5 Å². The fourth-order valence-corrected chi connectivity index (χ4v) is 2.64. The average Bonchev–Trinajstić information content (AvgIpc) is 2.65. The van der Waals surface area contributed by atoms with Crippen LogP contribution in [0.2, 0.25) is 5.02 Å². The van der Waals surface area contributed by atoms with Gasteiger partial charge in [-0.05, 0) is 23.8 Å². The summed E-state index contributed by atoms with van der Waals surface area (Å²) in [6.07, 6.45) is 4.31. The SMILES string of the molecule is OCCn1ccnc1Cc1cc(Cl)cc(Br)c1. The summed E-state index contributed by atoms with van der Waals surface area (Å²) in [5, 5.41) is 9.64. The Morgan fingerprint density at radius 2 is 2.18 bits per heavy atom. The van der Waals surface area contributed by atoms with Gasteiger partial charge in [0, 0.05) is 34.9 Å². The minimum Gasteiger partial charge on any atom is -0.395 e. The number of aliphatic hydroxyl groups is 1. The van der Waals surface area contributed by atoms with E-state index in [9.17, 15) is 0 Å². The van der Waals surface area contributed by atoms with Gasteiger partial charge in [0.2, 0.25) is 0 Å². The fraction of sp³-hybridized carbons (Fsp3) is 0.250. The Labute approximate surface area is 113 Å². The fourth-order valence-electron chi connectivity index (χ4n) is 1.71. The lowest BCUT2D eigenvalue weighted by atomic mass is 10.1. The van der Waals surface area contributed by atoms with Gasteiger partial charge >= 0.3 is 0 Å². The van der Waals surface area contributed by atoms with E-state index >= 15 is 0 Å². The molecule has 0 saturated carbocycles. The summed E-state index contributed by atoms with van der Waals surface area (Å²) in [6, 6.07) is 5.79. The van der Waals surface area contributed by atoms with Crippen molar-refractivity contribution in [2.45, 2.75) is 13.0 Å². The summed E-state index contributed by atoms with van der Waals surface area (Å²) in [7, 11) is 0. The summed E-state index contributed by atoms with van der Waals surface area (Å²) in [4.78, 5) is 4.28. The number of halogens is 2. The van der Waals surface area contributed by atoms with Gasteiger partial charge in [-0.25, -0.2) is 4.98 Å². The first-order chi connectivity index (χ1) is 8.19. The molecule has 1 aromatic carbocycles. The molecule has 2 aromatic rings. The Kier molecular flexibility index (Phi) is 4.20. The van der Waals surface area contributed by atoms with E-state index in [1.807, 2.05) is 29.0 Å². The molecule has 1 N–H and O–H groups in total. The molecule has 0 bridgehead atoms. The molecule has 1 heterocycles. The molecule has 0 aliphatic rings. The second-order valence-corrected chi connectivity index (χ2v) is 5.07. The van der Waals surface area contributed by atoms with Crippen molar-refractivity contribution in [1.29, 1.82) is 0 Å². The van der Waals surface area contributed by atoms with Crippen LogP contribution in [0.25, 0.3) is 0 Å². The quantitative estimate of drug-likeness (QED) is 0.942. The van der Waals surface area contributed by atoms with E-state index < -0.39 is 0 Å². The minimum absolute atomic E-state index is 0.114. The largest absolute Gasteiger partial charge is 0.395 e. The van der Waals surface area contributed by atoms with Crippen molar-refractivity contribution in [3.8, 4) is 0 Å². The Bertz CT molecular complexity index is 493. The molecule has 3 nitrogen and oxygen atoms in total. The van der Waals surface area contributed by atoms with E-state index in [1.54, 1.807) is 6.20 Å². The highest BCUT2D eigenvalue weighted by atomic mass is 79.9. The molecule has 0 amide bonds. The molecule has 1 aromatic heterocycles. The Morgan fingerprint density at radius 3 is 2.88 bits per heavy atom. The molecular formula is C12H12BrClN2O. The van der Waals surface area contributed by atoms with Crippen LogP contribution in [-0.4, -0.2) is 21.3 Å². The summed E-state index contributed by atoms with van der Waals surface area (Å²) in [6.45, 7) is 0.680. The number of benzene rings is 1. The molecule has 2 rings (SSSR count). The first-order valence-corrected chi connectivity index (χ1v) is 6.42. The molecule has 0 saturated heterocycles.